The van der Waals surface area contributed by atoms with Crippen molar-refractivity contribution in [1.82, 2.24) is 15.3 Å². The van der Waals surface area contributed by atoms with Gasteiger partial charge in [-0.3, -0.25) is 4.98 Å². The van der Waals surface area contributed by atoms with E-state index in [1.54, 1.807) is 0 Å². The van der Waals surface area contributed by atoms with Crippen LogP contribution in [0.4, 0.5) is 4.79 Å². The van der Waals surface area contributed by atoms with Crippen LogP contribution in [0, 0.1) is 5.92 Å². The highest BCUT2D eigenvalue weighted by Crippen LogP contribution is 2.32. The van der Waals surface area contributed by atoms with Crippen molar-refractivity contribution in [2.24, 2.45) is 5.92 Å². The third-order valence-corrected chi connectivity index (χ3v) is 6.43. The van der Waals surface area contributed by atoms with Gasteiger partial charge in [0.1, 0.15) is 10.6 Å². The van der Waals surface area contributed by atoms with Crippen molar-refractivity contribution in [3.05, 3.63) is 34.4 Å². The molecule has 2 aromatic heterocycles. The number of thiazole rings is 1. The summed E-state index contributed by atoms with van der Waals surface area (Å²) in [6.45, 7) is 8.31. The van der Waals surface area contributed by atoms with Crippen molar-refractivity contribution in [3.63, 3.8) is 0 Å². The molecule has 1 fully saturated rings. The van der Waals surface area contributed by atoms with Crippen LogP contribution in [0.3, 0.4) is 0 Å². The predicted molar refractivity (Wildman–Crippen MR) is 123 cm³/mol. The molecule has 0 aliphatic heterocycles. The Hall–Kier alpha value is -1.95. The second-order valence-corrected chi connectivity index (χ2v) is 10.4. The van der Waals surface area contributed by atoms with Crippen molar-refractivity contribution in [1.29, 1.82) is 0 Å². The molecule has 1 saturated carbocycles. The second-order valence-electron chi connectivity index (χ2n) is 9.47. The Morgan fingerprint density at radius 3 is 2.63 bits per heavy atom. The molecule has 0 spiro atoms. The number of nitrogens with zero attached hydrogens (tertiary/aromatic N) is 2. The lowest BCUT2D eigenvalue weighted by Gasteiger charge is -2.19. The lowest BCUT2D eigenvalue weighted by Crippen LogP contribution is -2.32. The Balaban J connectivity index is 1.58. The van der Waals surface area contributed by atoms with Crippen LogP contribution in [-0.4, -0.2) is 21.7 Å². The average molecular weight is 430 g/mol. The van der Waals surface area contributed by atoms with Crippen LogP contribution in [0.15, 0.2) is 23.7 Å². The maximum atomic E-state index is 11.8. The summed E-state index contributed by atoms with van der Waals surface area (Å²) >= 11 is 1.54. The highest BCUT2D eigenvalue weighted by atomic mass is 32.1. The van der Waals surface area contributed by atoms with Crippen molar-refractivity contribution in [2.45, 2.75) is 90.7 Å². The Morgan fingerprint density at radius 2 is 1.90 bits per heavy atom. The van der Waals surface area contributed by atoms with E-state index in [1.807, 2.05) is 32.3 Å². The SMILES string of the molecule is CC1CCCCC(c2ccc(-c3csc(CNC(=O)OC(C)(C)C)n3)cn2)CCC1. The molecular formula is C24H35N3O2S. The lowest BCUT2D eigenvalue weighted by atomic mass is 9.92. The summed E-state index contributed by atoms with van der Waals surface area (Å²) in [5.74, 6) is 1.44. The van der Waals surface area contributed by atoms with E-state index in [1.165, 1.54) is 62.0 Å². The van der Waals surface area contributed by atoms with Gasteiger partial charge in [-0.2, -0.15) is 0 Å². The van der Waals surface area contributed by atoms with Gasteiger partial charge in [0.25, 0.3) is 0 Å². The first-order valence-electron chi connectivity index (χ1n) is 11.2. The molecule has 2 atom stereocenters. The standard InChI is InChI=1S/C24H35N3O2S/c1-17-8-5-6-10-18(11-7-9-17)20-13-12-19(14-25-20)21-16-30-22(27-21)15-26-23(28)29-24(2,3)4/h12-14,16-18H,5-11,15H2,1-4H3,(H,26,28). The fourth-order valence-electron chi connectivity index (χ4n) is 3.97. The van der Waals surface area contributed by atoms with Gasteiger partial charge in [-0.1, -0.05) is 39.0 Å². The number of nitrogens with one attached hydrogen (secondary N) is 1. The van der Waals surface area contributed by atoms with Gasteiger partial charge in [0, 0.05) is 28.8 Å². The Morgan fingerprint density at radius 1 is 1.17 bits per heavy atom. The van der Waals surface area contributed by atoms with Crippen LogP contribution in [-0.2, 0) is 11.3 Å². The van der Waals surface area contributed by atoms with E-state index in [4.69, 9.17) is 9.72 Å². The second kappa shape index (κ2) is 10.4. The minimum absolute atomic E-state index is 0.367. The van der Waals surface area contributed by atoms with Gasteiger partial charge < -0.3 is 10.1 Å². The van der Waals surface area contributed by atoms with Crippen LogP contribution in [0.5, 0.6) is 0 Å². The summed E-state index contributed by atoms with van der Waals surface area (Å²) in [6, 6.07) is 4.32. The van der Waals surface area contributed by atoms with E-state index in [2.05, 4.69) is 29.4 Å². The predicted octanol–water partition coefficient (Wildman–Crippen LogP) is 6.69. The zero-order chi connectivity index (χ0) is 21.6. The number of carbonyl (C=O) groups is 1. The number of hydrogen-bond acceptors (Lipinski definition) is 5. The summed E-state index contributed by atoms with van der Waals surface area (Å²) in [5, 5.41) is 5.63. The normalized spacial score (nSPS) is 20.7. The van der Waals surface area contributed by atoms with Crippen LogP contribution in [0.2, 0.25) is 0 Å². The summed E-state index contributed by atoms with van der Waals surface area (Å²) in [5.41, 5.74) is 2.65. The lowest BCUT2D eigenvalue weighted by molar-refractivity contribution is 0.0523. The number of pyridine rings is 1. The molecule has 5 nitrogen and oxygen atoms in total. The highest BCUT2D eigenvalue weighted by Gasteiger charge is 2.18. The van der Waals surface area contributed by atoms with Crippen LogP contribution >= 0.6 is 11.3 Å². The maximum Gasteiger partial charge on any atom is 0.408 e. The van der Waals surface area contributed by atoms with E-state index in [-0.39, 0.29) is 0 Å². The largest absolute Gasteiger partial charge is 0.444 e. The first-order valence-corrected chi connectivity index (χ1v) is 12.1. The third kappa shape index (κ3) is 7.08. The van der Waals surface area contributed by atoms with Gasteiger partial charge in [-0.25, -0.2) is 9.78 Å². The summed E-state index contributed by atoms with van der Waals surface area (Å²) < 4.78 is 5.27. The van der Waals surface area contributed by atoms with Crippen LogP contribution in [0.25, 0.3) is 11.3 Å². The van der Waals surface area contributed by atoms with Crippen molar-refractivity contribution < 1.29 is 9.53 Å². The molecule has 0 bridgehead atoms. The fraction of sp³-hybridized carbons (Fsp3) is 0.625. The molecule has 3 rings (SSSR count). The topological polar surface area (TPSA) is 64.1 Å². The van der Waals surface area contributed by atoms with Crippen molar-refractivity contribution in [2.75, 3.05) is 0 Å². The van der Waals surface area contributed by atoms with Crippen molar-refractivity contribution in [3.8, 4) is 11.3 Å². The molecule has 0 saturated heterocycles. The van der Waals surface area contributed by atoms with E-state index in [0.717, 1.165) is 22.2 Å². The molecule has 2 aromatic rings. The van der Waals surface area contributed by atoms with Gasteiger partial charge in [0.05, 0.1) is 12.2 Å². The van der Waals surface area contributed by atoms with E-state index in [0.29, 0.717) is 12.5 Å². The van der Waals surface area contributed by atoms with Crippen LogP contribution in [0.1, 0.15) is 89.3 Å². The monoisotopic (exact) mass is 429 g/mol. The molecule has 164 valence electrons. The van der Waals surface area contributed by atoms with Gasteiger partial charge in [-0.15, -0.1) is 11.3 Å². The molecule has 0 aromatic carbocycles. The zero-order valence-electron chi connectivity index (χ0n) is 18.7. The highest BCUT2D eigenvalue weighted by molar-refractivity contribution is 7.09. The first-order chi connectivity index (χ1) is 14.3. The molecule has 1 aliphatic carbocycles. The summed E-state index contributed by atoms with van der Waals surface area (Å²) in [7, 11) is 0. The zero-order valence-corrected chi connectivity index (χ0v) is 19.6. The quantitative estimate of drug-likeness (QED) is 0.588. The third-order valence-electron chi connectivity index (χ3n) is 5.58. The van der Waals surface area contributed by atoms with Crippen molar-refractivity contribution >= 4 is 17.4 Å². The van der Waals surface area contributed by atoms with Gasteiger partial charge in [0.2, 0.25) is 0 Å². The van der Waals surface area contributed by atoms with Crippen LogP contribution < -0.4 is 5.32 Å². The Labute approximate surface area is 184 Å². The van der Waals surface area contributed by atoms with E-state index >= 15 is 0 Å². The molecular weight excluding hydrogens is 394 g/mol. The molecule has 6 heteroatoms. The summed E-state index contributed by atoms with van der Waals surface area (Å²) in [4.78, 5) is 21.3. The number of hydrogen-bond donors (Lipinski definition) is 1. The molecule has 0 radical (unpaired) electrons. The number of ether oxygens (including phenoxy) is 1. The molecule has 1 amide bonds. The Bertz CT molecular complexity index is 811. The fourth-order valence-corrected chi connectivity index (χ4v) is 4.71. The molecule has 2 unspecified atom stereocenters. The molecule has 1 aliphatic rings. The van der Waals surface area contributed by atoms with E-state index < -0.39 is 11.7 Å². The van der Waals surface area contributed by atoms with Gasteiger partial charge in [0.15, 0.2) is 0 Å². The van der Waals surface area contributed by atoms with E-state index in [9.17, 15) is 4.79 Å². The minimum atomic E-state index is -0.501. The number of carbonyl (C=O) groups excluding carboxylic acids is 1. The minimum Gasteiger partial charge on any atom is -0.444 e. The number of aromatic nitrogens is 2. The molecule has 2 heterocycles. The van der Waals surface area contributed by atoms with Gasteiger partial charge >= 0.3 is 6.09 Å². The average Bonchev–Trinajstić information content (AvgIpc) is 3.18. The molecule has 30 heavy (non-hydrogen) atoms. The number of rotatable bonds is 4. The number of amides is 1. The smallest absolute Gasteiger partial charge is 0.408 e. The Kier molecular flexibility index (Phi) is 7.87. The number of alkyl carbamates (subject to hydrolysis) is 1. The first kappa shape index (κ1) is 22.7. The van der Waals surface area contributed by atoms with Gasteiger partial charge in [-0.05, 0) is 51.7 Å². The summed E-state index contributed by atoms with van der Waals surface area (Å²) in [6.07, 6.45) is 10.7. The molecule has 1 N–H and O–H groups in total. The maximum absolute atomic E-state index is 11.8.